The molecule has 2 aliphatic carbocycles. The number of hydrogen-bond acceptors (Lipinski definition) is 1. The van der Waals surface area contributed by atoms with Crippen LogP contribution in [0.3, 0.4) is 0 Å². The van der Waals surface area contributed by atoms with Gasteiger partial charge in [-0.05, 0) is 54.8 Å². The Balaban J connectivity index is 1.65. The van der Waals surface area contributed by atoms with E-state index in [4.69, 9.17) is 0 Å². The zero-order valence-corrected chi connectivity index (χ0v) is 10.3. The van der Waals surface area contributed by atoms with Gasteiger partial charge in [0.25, 0.3) is 0 Å². The van der Waals surface area contributed by atoms with Crippen molar-refractivity contribution in [1.82, 2.24) is 5.32 Å². The molecule has 3 rings (SSSR count). The Morgan fingerprint density at radius 2 is 2.00 bits per heavy atom. The van der Waals surface area contributed by atoms with Gasteiger partial charge in [-0.1, -0.05) is 20.3 Å². The van der Waals surface area contributed by atoms with Crippen LogP contribution in [0.2, 0.25) is 0 Å². The van der Waals surface area contributed by atoms with Crippen molar-refractivity contribution in [2.75, 3.05) is 13.1 Å². The Morgan fingerprint density at radius 3 is 2.40 bits per heavy atom. The molecule has 3 aliphatic rings. The summed E-state index contributed by atoms with van der Waals surface area (Å²) in [5.41, 5.74) is 0.676. The fourth-order valence-corrected chi connectivity index (χ4v) is 4.38. The molecule has 0 aromatic carbocycles. The number of nitrogens with one attached hydrogen (secondary N) is 1. The van der Waals surface area contributed by atoms with Crippen molar-refractivity contribution in [3.05, 3.63) is 0 Å². The van der Waals surface area contributed by atoms with Gasteiger partial charge in [-0.2, -0.15) is 0 Å². The quantitative estimate of drug-likeness (QED) is 0.750. The molecular weight excluding hydrogens is 182 g/mol. The second kappa shape index (κ2) is 3.48. The van der Waals surface area contributed by atoms with E-state index in [1.54, 1.807) is 25.7 Å². The molecule has 0 aromatic rings. The van der Waals surface area contributed by atoms with Gasteiger partial charge in [-0.3, -0.25) is 0 Å². The summed E-state index contributed by atoms with van der Waals surface area (Å²) in [6.07, 6.45) is 7.77. The maximum atomic E-state index is 3.50. The molecule has 0 aromatic heterocycles. The molecule has 1 aliphatic heterocycles. The third-order valence-electron chi connectivity index (χ3n) is 5.73. The first-order chi connectivity index (χ1) is 7.20. The SMILES string of the molecule is CC(C)C1(CC2CC3CCC2C3)CNC1. The first-order valence-electron chi connectivity index (χ1n) is 6.90. The normalized spacial score (nSPS) is 42.2. The average Bonchev–Trinajstić information content (AvgIpc) is 2.71. The molecule has 1 nitrogen and oxygen atoms in total. The fourth-order valence-electron chi connectivity index (χ4n) is 4.38. The number of hydrogen-bond donors (Lipinski definition) is 1. The highest BCUT2D eigenvalue weighted by molar-refractivity contribution is 5.00. The highest BCUT2D eigenvalue weighted by atomic mass is 15.0. The van der Waals surface area contributed by atoms with Gasteiger partial charge in [0.15, 0.2) is 0 Å². The van der Waals surface area contributed by atoms with E-state index in [1.807, 2.05) is 0 Å². The van der Waals surface area contributed by atoms with Gasteiger partial charge in [0, 0.05) is 13.1 Å². The van der Waals surface area contributed by atoms with Gasteiger partial charge in [-0.15, -0.1) is 0 Å². The van der Waals surface area contributed by atoms with Crippen LogP contribution in [0.25, 0.3) is 0 Å². The van der Waals surface area contributed by atoms with Gasteiger partial charge < -0.3 is 5.32 Å². The van der Waals surface area contributed by atoms with Crippen molar-refractivity contribution in [3.8, 4) is 0 Å². The monoisotopic (exact) mass is 207 g/mol. The van der Waals surface area contributed by atoms with Crippen LogP contribution in [-0.4, -0.2) is 13.1 Å². The first kappa shape index (κ1) is 10.1. The summed E-state index contributed by atoms with van der Waals surface area (Å²) in [7, 11) is 0. The Labute approximate surface area is 94.0 Å². The lowest BCUT2D eigenvalue weighted by atomic mass is 9.65. The van der Waals surface area contributed by atoms with Crippen LogP contribution >= 0.6 is 0 Å². The lowest BCUT2D eigenvalue weighted by Gasteiger charge is -2.49. The van der Waals surface area contributed by atoms with E-state index < -0.39 is 0 Å². The fraction of sp³-hybridized carbons (Fsp3) is 1.00. The van der Waals surface area contributed by atoms with Crippen LogP contribution in [-0.2, 0) is 0 Å². The Morgan fingerprint density at radius 1 is 1.20 bits per heavy atom. The second-order valence-electron chi connectivity index (χ2n) is 6.76. The molecule has 1 heterocycles. The van der Waals surface area contributed by atoms with E-state index >= 15 is 0 Å². The molecule has 0 amide bonds. The zero-order chi connectivity index (χ0) is 10.5. The summed E-state index contributed by atoms with van der Waals surface area (Å²) in [5, 5.41) is 3.50. The minimum Gasteiger partial charge on any atom is -0.316 e. The van der Waals surface area contributed by atoms with Gasteiger partial charge in [0.05, 0.1) is 0 Å². The Hall–Kier alpha value is -0.0400. The minimum absolute atomic E-state index is 0.676. The molecule has 1 N–H and O–H groups in total. The molecule has 2 saturated carbocycles. The Bertz CT molecular complexity index is 242. The Kier molecular flexibility index (Phi) is 2.35. The zero-order valence-electron chi connectivity index (χ0n) is 10.3. The molecule has 86 valence electrons. The summed E-state index contributed by atoms with van der Waals surface area (Å²) in [4.78, 5) is 0. The molecule has 0 spiro atoms. The average molecular weight is 207 g/mol. The van der Waals surface area contributed by atoms with Gasteiger partial charge >= 0.3 is 0 Å². The lowest BCUT2D eigenvalue weighted by molar-refractivity contribution is 0.0516. The van der Waals surface area contributed by atoms with Crippen LogP contribution in [0.15, 0.2) is 0 Å². The van der Waals surface area contributed by atoms with Crippen molar-refractivity contribution in [1.29, 1.82) is 0 Å². The largest absolute Gasteiger partial charge is 0.316 e. The van der Waals surface area contributed by atoms with E-state index in [1.165, 1.54) is 19.5 Å². The van der Waals surface area contributed by atoms with Gasteiger partial charge in [0.2, 0.25) is 0 Å². The van der Waals surface area contributed by atoms with Crippen molar-refractivity contribution >= 4 is 0 Å². The summed E-state index contributed by atoms with van der Waals surface area (Å²) in [5.74, 6) is 4.20. The third-order valence-corrected chi connectivity index (χ3v) is 5.73. The van der Waals surface area contributed by atoms with E-state index in [9.17, 15) is 0 Å². The van der Waals surface area contributed by atoms with Crippen LogP contribution in [0, 0.1) is 29.1 Å². The van der Waals surface area contributed by atoms with Crippen LogP contribution in [0.5, 0.6) is 0 Å². The summed E-state index contributed by atoms with van der Waals surface area (Å²) in [6.45, 7) is 7.43. The molecule has 3 unspecified atom stereocenters. The maximum absolute atomic E-state index is 3.50. The number of rotatable bonds is 3. The molecule has 15 heavy (non-hydrogen) atoms. The van der Waals surface area contributed by atoms with E-state index in [2.05, 4.69) is 19.2 Å². The molecule has 3 fully saturated rings. The predicted octanol–water partition coefficient (Wildman–Crippen LogP) is 3.06. The maximum Gasteiger partial charge on any atom is 0.00228 e. The lowest BCUT2D eigenvalue weighted by Crippen LogP contribution is -2.57. The second-order valence-corrected chi connectivity index (χ2v) is 6.76. The van der Waals surface area contributed by atoms with Gasteiger partial charge in [0.1, 0.15) is 0 Å². The van der Waals surface area contributed by atoms with Crippen molar-refractivity contribution in [3.63, 3.8) is 0 Å². The van der Waals surface area contributed by atoms with Crippen molar-refractivity contribution in [2.24, 2.45) is 29.1 Å². The topological polar surface area (TPSA) is 12.0 Å². The highest BCUT2D eigenvalue weighted by Crippen LogP contribution is 2.53. The van der Waals surface area contributed by atoms with Crippen LogP contribution < -0.4 is 5.32 Å². The van der Waals surface area contributed by atoms with Crippen molar-refractivity contribution in [2.45, 2.75) is 46.0 Å². The molecule has 2 bridgehead atoms. The molecule has 1 saturated heterocycles. The van der Waals surface area contributed by atoms with E-state index in [-0.39, 0.29) is 0 Å². The molecular formula is C14H25N. The van der Waals surface area contributed by atoms with Crippen LogP contribution in [0.4, 0.5) is 0 Å². The molecule has 0 radical (unpaired) electrons. The van der Waals surface area contributed by atoms with Gasteiger partial charge in [-0.25, -0.2) is 0 Å². The first-order valence-corrected chi connectivity index (χ1v) is 6.90. The standard InChI is InChI=1S/C14H25N/c1-10(2)14(8-15-9-14)7-13-6-11-3-4-12(13)5-11/h10-13,15H,3-9H2,1-2H3. The summed E-state index contributed by atoms with van der Waals surface area (Å²) in [6, 6.07) is 0. The predicted molar refractivity (Wildman–Crippen MR) is 63.7 cm³/mol. The molecule has 3 atom stereocenters. The summed E-state index contributed by atoms with van der Waals surface area (Å²) >= 11 is 0. The minimum atomic E-state index is 0.676. The number of fused-ring (bicyclic) bond motifs is 2. The van der Waals surface area contributed by atoms with E-state index in [0.717, 1.165) is 23.7 Å². The van der Waals surface area contributed by atoms with E-state index in [0.29, 0.717) is 5.41 Å². The van der Waals surface area contributed by atoms with Crippen molar-refractivity contribution < 1.29 is 0 Å². The smallest absolute Gasteiger partial charge is 0.00228 e. The molecule has 1 heteroatoms. The third kappa shape index (κ3) is 1.54. The summed E-state index contributed by atoms with van der Waals surface area (Å²) < 4.78 is 0. The highest BCUT2D eigenvalue weighted by Gasteiger charge is 2.47. The van der Waals surface area contributed by atoms with Crippen LogP contribution in [0.1, 0.15) is 46.0 Å².